The topological polar surface area (TPSA) is 55.0 Å². The number of aromatic nitrogens is 2. The molecule has 19 heavy (non-hydrogen) atoms. The smallest absolute Gasteiger partial charge is 0.186 e. The van der Waals surface area contributed by atoms with Crippen molar-refractivity contribution in [1.82, 2.24) is 9.97 Å². The van der Waals surface area contributed by atoms with Crippen molar-refractivity contribution in [2.75, 3.05) is 24.2 Å². The molecule has 0 saturated heterocycles. The molecule has 2 heterocycles. The predicted octanol–water partition coefficient (Wildman–Crippen LogP) is 2.17. The van der Waals surface area contributed by atoms with Gasteiger partial charge in [0, 0.05) is 24.8 Å². The molecule has 98 valence electrons. The SMILES string of the molecule is Cc1nc(-c2ccc3c(c2)CCN3C)nc(N)c1F. The van der Waals surface area contributed by atoms with E-state index in [9.17, 15) is 4.39 Å². The Morgan fingerprint density at radius 2 is 2.11 bits per heavy atom. The van der Waals surface area contributed by atoms with Crippen molar-refractivity contribution < 1.29 is 4.39 Å². The molecule has 0 saturated carbocycles. The van der Waals surface area contributed by atoms with Crippen LogP contribution in [0.4, 0.5) is 15.9 Å². The molecule has 4 nitrogen and oxygen atoms in total. The maximum atomic E-state index is 13.4. The molecule has 1 aliphatic rings. The van der Waals surface area contributed by atoms with Crippen molar-refractivity contribution in [2.24, 2.45) is 0 Å². The highest BCUT2D eigenvalue weighted by Crippen LogP contribution is 2.30. The normalized spacial score (nSPS) is 13.7. The fraction of sp³-hybridized carbons (Fsp3) is 0.286. The first kappa shape index (κ1) is 11.9. The highest BCUT2D eigenvalue weighted by molar-refractivity contribution is 5.67. The maximum absolute atomic E-state index is 13.4. The highest BCUT2D eigenvalue weighted by Gasteiger charge is 2.17. The first-order valence-corrected chi connectivity index (χ1v) is 6.20. The molecule has 1 aromatic heterocycles. The largest absolute Gasteiger partial charge is 0.381 e. The molecule has 0 spiro atoms. The van der Waals surface area contributed by atoms with Gasteiger partial charge in [0.25, 0.3) is 0 Å². The van der Waals surface area contributed by atoms with E-state index in [0.29, 0.717) is 5.82 Å². The van der Waals surface area contributed by atoms with Crippen molar-refractivity contribution in [1.29, 1.82) is 0 Å². The minimum absolute atomic E-state index is 0.0971. The molecule has 0 atom stereocenters. The number of nitrogens with zero attached hydrogens (tertiary/aromatic N) is 3. The minimum atomic E-state index is -0.537. The molecule has 1 aromatic carbocycles. The number of anilines is 2. The summed E-state index contributed by atoms with van der Waals surface area (Å²) < 4.78 is 13.4. The van der Waals surface area contributed by atoms with Crippen LogP contribution >= 0.6 is 0 Å². The fourth-order valence-electron chi connectivity index (χ4n) is 2.42. The van der Waals surface area contributed by atoms with Crippen molar-refractivity contribution >= 4 is 11.5 Å². The van der Waals surface area contributed by atoms with Crippen LogP contribution in [0.5, 0.6) is 0 Å². The van der Waals surface area contributed by atoms with Gasteiger partial charge in [0.05, 0.1) is 5.69 Å². The Morgan fingerprint density at radius 1 is 1.32 bits per heavy atom. The zero-order chi connectivity index (χ0) is 13.6. The van der Waals surface area contributed by atoms with Crippen LogP contribution in [0.3, 0.4) is 0 Å². The molecule has 2 N–H and O–H groups in total. The number of nitrogens with two attached hydrogens (primary N) is 1. The standard InChI is InChI=1S/C14H15FN4/c1-8-12(15)13(16)18-14(17-8)10-3-4-11-9(7-10)5-6-19(11)2/h3-4,7H,5-6H2,1-2H3,(H2,16,17,18). The van der Waals surface area contributed by atoms with Gasteiger partial charge in [-0.3, -0.25) is 0 Å². The lowest BCUT2D eigenvalue weighted by atomic mass is 10.1. The van der Waals surface area contributed by atoms with E-state index in [1.165, 1.54) is 11.3 Å². The van der Waals surface area contributed by atoms with Gasteiger partial charge in [-0.05, 0) is 37.1 Å². The monoisotopic (exact) mass is 258 g/mol. The summed E-state index contributed by atoms with van der Waals surface area (Å²) in [7, 11) is 2.07. The summed E-state index contributed by atoms with van der Waals surface area (Å²) in [6, 6.07) is 6.06. The second kappa shape index (κ2) is 4.19. The highest BCUT2D eigenvalue weighted by atomic mass is 19.1. The Kier molecular flexibility index (Phi) is 2.62. The quantitative estimate of drug-likeness (QED) is 0.851. The minimum Gasteiger partial charge on any atom is -0.381 e. The van der Waals surface area contributed by atoms with Gasteiger partial charge < -0.3 is 10.6 Å². The Balaban J connectivity index is 2.08. The van der Waals surface area contributed by atoms with Crippen LogP contribution < -0.4 is 10.6 Å². The molecule has 0 amide bonds. The molecule has 0 aliphatic carbocycles. The molecule has 2 aromatic rings. The van der Waals surface area contributed by atoms with E-state index in [-0.39, 0.29) is 11.5 Å². The summed E-state index contributed by atoms with van der Waals surface area (Å²) in [6.07, 6.45) is 1.01. The Bertz CT molecular complexity index is 631. The molecular formula is C14H15FN4. The van der Waals surface area contributed by atoms with E-state index in [1.54, 1.807) is 6.92 Å². The van der Waals surface area contributed by atoms with E-state index in [4.69, 9.17) is 5.73 Å². The summed E-state index contributed by atoms with van der Waals surface area (Å²) >= 11 is 0. The van der Waals surface area contributed by atoms with Crippen LogP contribution in [0, 0.1) is 12.7 Å². The van der Waals surface area contributed by atoms with Gasteiger partial charge in [-0.25, -0.2) is 14.4 Å². The average Bonchev–Trinajstić information content (AvgIpc) is 2.76. The lowest BCUT2D eigenvalue weighted by molar-refractivity contribution is 0.608. The molecule has 1 aliphatic heterocycles. The maximum Gasteiger partial charge on any atom is 0.186 e. The van der Waals surface area contributed by atoms with Crippen molar-refractivity contribution in [3.63, 3.8) is 0 Å². The summed E-state index contributed by atoms with van der Waals surface area (Å²) in [6.45, 7) is 2.61. The number of hydrogen-bond donors (Lipinski definition) is 1. The third kappa shape index (κ3) is 1.91. The molecule has 3 rings (SSSR count). The first-order chi connectivity index (χ1) is 9.06. The van der Waals surface area contributed by atoms with Crippen LogP contribution in [0.1, 0.15) is 11.3 Å². The predicted molar refractivity (Wildman–Crippen MR) is 73.5 cm³/mol. The van der Waals surface area contributed by atoms with Gasteiger partial charge in [0.1, 0.15) is 0 Å². The third-order valence-corrected chi connectivity index (χ3v) is 3.51. The van der Waals surface area contributed by atoms with E-state index in [2.05, 4.69) is 34.0 Å². The van der Waals surface area contributed by atoms with Crippen LogP contribution in [-0.2, 0) is 6.42 Å². The van der Waals surface area contributed by atoms with Gasteiger partial charge in [-0.15, -0.1) is 0 Å². The molecule has 0 radical (unpaired) electrons. The zero-order valence-corrected chi connectivity index (χ0v) is 10.9. The van der Waals surface area contributed by atoms with Crippen LogP contribution in [0.15, 0.2) is 18.2 Å². The van der Waals surface area contributed by atoms with E-state index < -0.39 is 5.82 Å². The number of likely N-dealkylation sites (N-methyl/N-ethyl adjacent to an activating group) is 1. The Hall–Kier alpha value is -2.17. The number of rotatable bonds is 1. The van der Waals surface area contributed by atoms with E-state index >= 15 is 0 Å². The summed E-state index contributed by atoms with van der Waals surface area (Å²) in [5.74, 6) is -0.154. The summed E-state index contributed by atoms with van der Waals surface area (Å²) in [5.41, 5.74) is 9.22. The van der Waals surface area contributed by atoms with Crippen LogP contribution in [0.2, 0.25) is 0 Å². The third-order valence-electron chi connectivity index (χ3n) is 3.51. The Labute approximate surface area is 111 Å². The first-order valence-electron chi connectivity index (χ1n) is 6.20. The number of nitrogen functional groups attached to an aromatic ring is 1. The van der Waals surface area contributed by atoms with Gasteiger partial charge >= 0.3 is 0 Å². The molecular weight excluding hydrogens is 243 g/mol. The molecule has 5 heteroatoms. The molecule has 0 unspecified atom stereocenters. The van der Waals surface area contributed by atoms with Crippen molar-refractivity contribution in [3.05, 3.63) is 35.3 Å². The van der Waals surface area contributed by atoms with Gasteiger partial charge in [0.15, 0.2) is 17.5 Å². The second-order valence-electron chi connectivity index (χ2n) is 4.85. The van der Waals surface area contributed by atoms with Gasteiger partial charge in [-0.2, -0.15) is 0 Å². The van der Waals surface area contributed by atoms with E-state index in [1.807, 2.05) is 6.07 Å². The lowest BCUT2D eigenvalue weighted by Gasteiger charge is -2.12. The lowest BCUT2D eigenvalue weighted by Crippen LogP contribution is -2.12. The Morgan fingerprint density at radius 3 is 2.84 bits per heavy atom. The van der Waals surface area contributed by atoms with Crippen LogP contribution in [-0.4, -0.2) is 23.6 Å². The number of benzene rings is 1. The second-order valence-corrected chi connectivity index (χ2v) is 4.85. The molecule has 0 bridgehead atoms. The van der Waals surface area contributed by atoms with Gasteiger partial charge in [-0.1, -0.05) is 0 Å². The number of halogens is 1. The number of hydrogen-bond acceptors (Lipinski definition) is 4. The van der Waals surface area contributed by atoms with Crippen LogP contribution in [0.25, 0.3) is 11.4 Å². The molecule has 0 fully saturated rings. The van der Waals surface area contributed by atoms with Crippen molar-refractivity contribution in [3.8, 4) is 11.4 Å². The summed E-state index contributed by atoms with van der Waals surface area (Å²) in [5, 5.41) is 0. The van der Waals surface area contributed by atoms with Crippen molar-refractivity contribution in [2.45, 2.75) is 13.3 Å². The van der Waals surface area contributed by atoms with E-state index in [0.717, 1.165) is 18.5 Å². The fourth-order valence-corrected chi connectivity index (χ4v) is 2.42. The van der Waals surface area contributed by atoms with Gasteiger partial charge in [0.2, 0.25) is 0 Å². The summed E-state index contributed by atoms with van der Waals surface area (Å²) in [4.78, 5) is 10.4. The zero-order valence-electron chi connectivity index (χ0n) is 10.9. The number of fused-ring (bicyclic) bond motifs is 1. The number of aryl methyl sites for hydroxylation is 1. The average molecular weight is 258 g/mol.